The fourth-order valence-corrected chi connectivity index (χ4v) is 5.62. The van der Waals surface area contributed by atoms with E-state index in [-0.39, 0.29) is 18.9 Å². The van der Waals surface area contributed by atoms with Crippen molar-refractivity contribution < 1.29 is 23.6 Å². The van der Waals surface area contributed by atoms with Crippen LogP contribution in [0.1, 0.15) is 30.9 Å². The van der Waals surface area contributed by atoms with Crippen LogP contribution in [0.25, 0.3) is 11.1 Å². The Balaban J connectivity index is 1.51. The normalized spacial score (nSPS) is 19.6. The second kappa shape index (κ2) is 11.8. The van der Waals surface area contributed by atoms with Gasteiger partial charge in [-0.1, -0.05) is 60.7 Å². The molecule has 4 N–H and O–H groups in total. The molecule has 1 fully saturated rings. The number of hydrogen-bond donors (Lipinski definition) is 3. The van der Waals surface area contributed by atoms with Gasteiger partial charge in [0.2, 0.25) is 5.91 Å². The van der Waals surface area contributed by atoms with Gasteiger partial charge in [0, 0.05) is 18.4 Å². The lowest BCUT2D eigenvalue weighted by molar-refractivity contribution is -0.155. The molecule has 1 saturated heterocycles. The van der Waals surface area contributed by atoms with E-state index in [4.69, 9.17) is 15.9 Å². The van der Waals surface area contributed by atoms with Gasteiger partial charge in [0.05, 0.1) is 21.7 Å². The second-order valence-electron chi connectivity index (χ2n) is 10.0. The molecule has 1 amide bonds. The summed E-state index contributed by atoms with van der Waals surface area (Å²) in [4.78, 5) is 27.3. The molecule has 9 heteroatoms. The maximum absolute atomic E-state index is 13.2. The lowest BCUT2D eigenvalue weighted by Crippen LogP contribution is -2.41. The standard InChI is InChI=1S/C30H33N3O5S/c1-30(29(35)36)18-24(33(28(30)34)16-6-9-20-7-4-3-5-8-20)19-38-25-15-14-23(17-26(25)39(2)37)21-10-12-22(13-11-21)27(31)32/h3-5,7-8,10-15,17,24H,6,9,16,18-19H2,1-2H3,(H3,31,32)(H,35,36)/t24-,30-,39?/m0/s1. The Bertz CT molecular complexity index is 1390. The van der Waals surface area contributed by atoms with Gasteiger partial charge in [-0.25, -0.2) is 0 Å². The van der Waals surface area contributed by atoms with Crippen molar-refractivity contribution in [2.75, 3.05) is 19.4 Å². The number of benzene rings is 3. The molecule has 3 atom stereocenters. The highest BCUT2D eigenvalue weighted by atomic mass is 32.2. The maximum atomic E-state index is 13.2. The molecule has 0 radical (unpaired) electrons. The summed E-state index contributed by atoms with van der Waals surface area (Å²) >= 11 is 0. The Labute approximate surface area is 230 Å². The molecular formula is C30H33N3O5S. The minimum atomic E-state index is -1.51. The van der Waals surface area contributed by atoms with E-state index in [1.807, 2.05) is 48.5 Å². The van der Waals surface area contributed by atoms with Crippen molar-refractivity contribution >= 4 is 28.5 Å². The Morgan fingerprint density at radius 1 is 1.13 bits per heavy atom. The highest BCUT2D eigenvalue weighted by Crippen LogP contribution is 2.37. The molecule has 0 bridgehead atoms. The number of amidine groups is 1. The van der Waals surface area contributed by atoms with E-state index in [1.54, 1.807) is 35.4 Å². The van der Waals surface area contributed by atoms with E-state index >= 15 is 0 Å². The van der Waals surface area contributed by atoms with Crippen LogP contribution in [0.3, 0.4) is 0 Å². The molecule has 4 rings (SSSR count). The quantitative estimate of drug-likeness (QED) is 0.188. The molecule has 204 valence electrons. The molecule has 1 aliphatic rings. The molecule has 8 nitrogen and oxygen atoms in total. The summed E-state index contributed by atoms with van der Waals surface area (Å²) in [6.45, 7) is 1.99. The third-order valence-corrected chi connectivity index (χ3v) is 8.15. The first-order valence-corrected chi connectivity index (χ1v) is 14.3. The number of amides is 1. The number of nitrogens with two attached hydrogens (primary N) is 1. The Kier molecular flexibility index (Phi) is 8.50. The second-order valence-corrected chi connectivity index (χ2v) is 11.3. The first kappa shape index (κ1) is 28.0. The molecule has 1 heterocycles. The number of likely N-dealkylation sites (tertiary alicyclic amines) is 1. The number of carboxylic acids is 1. The number of nitrogen functional groups attached to an aromatic ring is 1. The van der Waals surface area contributed by atoms with E-state index in [9.17, 15) is 18.9 Å². The van der Waals surface area contributed by atoms with Crippen LogP contribution in [0.4, 0.5) is 0 Å². The molecule has 3 aromatic carbocycles. The van der Waals surface area contributed by atoms with Crippen LogP contribution in [-0.4, -0.2) is 57.4 Å². The van der Waals surface area contributed by atoms with Crippen LogP contribution in [0, 0.1) is 10.8 Å². The van der Waals surface area contributed by atoms with E-state index < -0.39 is 34.1 Å². The summed E-state index contributed by atoms with van der Waals surface area (Å²) in [5.74, 6) is -1.13. The molecule has 1 aliphatic heterocycles. The number of aryl methyl sites for hydroxylation is 1. The van der Waals surface area contributed by atoms with Crippen molar-refractivity contribution in [3.8, 4) is 16.9 Å². The number of carbonyl (C=O) groups is 2. The number of nitrogens with zero attached hydrogens (tertiary/aromatic N) is 1. The number of nitrogens with one attached hydrogen (secondary N) is 1. The summed E-state index contributed by atoms with van der Waals surface area (Å²) in [5.41, 5.74) is 7.52. The third-order valence-electron chi connectivity index (χ3n) is 7.21. The van der Waals surface area contributed by atoms with Crippen LogP contribution in [0.15, 0.2) is 77.7 Å². The van der Waals surface area contributed by atoms with E-state index in [0.717, 1.165) is 23.1 Å². The maximum Gasteiger partial charge on any atom is 0.319 e. The van der Waals surface area contributed by atoms with Gasteiger partial charge in [-0.2, -0.15) is 0 Å². The highest BCUT2D eigenvalue weighted by molar-refractivity contribution is 7.84. The minimum Gasteiger partial charge on any atom is -0.490 e. The Morgan fingerprint density at radius 2 is 1.79 bits per heavy atom. The van der Waals surface area contributed by atoms with Crippen molar-refractivity contribution in [2.24, 2.45) is 11.1 Å². The summed E-state index contributed by atoms with van der Waals surface area (Å²) < 4.78 is 18.7. The molecule has 0 saturated carbocycles. The van der Waals surface area contributed by atoms with Gasteiger partial charge in [-0.3, -0.25) is 19.2 Å². The molecule has 0 aliphatic carbocycles. The van der Waals surface area contributed by atoms with Crippen LogP contribution in [0.5, 0.6) is 5.75 Å². The Morgan fingerprint density at radius 3 is 2.41 bits per heavy atom. The summed E-state index contributed by atoms with van der Waals surface area (Å²) in [6.07, 6.45) is 3.18. The first-order chi connectivity index (χ1) is 18.6. The van der Waals surface area contributed by atoms with E-state index in [1.165, 1.54) is 6.92 Å². The molecule has 1 unspecified atom stereocenters. The van der Waals surface area contributed by atoms with Gasteiger partial charge in [0.1, 0.15) is 23.6 Å². The van der Waals surface area contributed by atoms with Gasteiger partial charge in [0.25, 0.3) is 0 Å². The minimum absolute atomic E-state index is 0.0147. The molecule has 39 heavy (non-hydrogen) atoms. The number of carboxylic acid groups (broad SMARTS) is 1. The monoisotopic (exact) mass is 547 g/mol. The number of carbonyl (C=O) groups excluding carboxylic acids is 1. The fraction of sp³-hybridized carbons (Fsp3) is 0.300. The zero-order valence-electron chi connectivity index (χ0n) is 22.1. The largest absolute Gasteiger partial charge is 0.490 e. The number of aliphatic carboxylic acids is 1. The number of hydrogen-bond acceptors (Lipinski definition) is 5. The highest BCUT2D eigenvalue weighted by Gasteiger charge is 2.53. The van der Waals surface area contributed by atoms with Crippen molar-refractivity contribution in [1.29, 1.82) is 5.41 Å². The van der Waals surface area contributed by atoms with Crippen molar-refractivity contribution in [2.45, 2.75) is 37.1 Å². The molecule has 0 spiro atoms. The predicted molar refractivity (Wildman–Crippen MR) is 151 cm³/mol. The lowest BCUT2D eigenvalue weighted by atomic mass is 9.87. The topological polar surface area (TPSA) is 134 Å². The predicted octanol–water partition coefficient (Wildman–Crippen LogP) is 4.08. The molecular weight excluding hydrogens is 514 g/mol. The van der Waals surface area contributed by atoms with Gasteiger partial charge in [0.15, 0.2) is 0 Å². The lowest BCUT2D eigenvalue weighted by Gasteiger charge is -2.25. The number of rotatable bonds is 11. The van der Waals surface area contributed by atoms with Gasteiger partial charge < -0.3 is 20.5 Å². The van der Waals surface area contributed by atoms with Gasteiger partial charge in [-0.15, -0.1) is 0 Å². The summed E-state index contributed by atoms with van der Waals surface area (Å²) in [6, 6.07) is 22.1. The van der Waals surface area contributed by atoms with Crippen LogP contribution in [-0.2, 0) is 26.8 Å². The number of ether oxygens (including phenoxy) is 1. The van der Waals surface area contributed by atoms with Crippen LogP contribution < -0.4 is 10.5 Å². The van der Waals surface area contributed by atoms with Crippen molar-refractivity contribution in [3.05, 3.63) is 83.9 Å². The van der Waals surface area contributed by atoms with Gasteiger partial charge >= 0.3 is 5.97 Å². The summed E-state index contributed by atoms with van der Waals surface area (Å²) in [5, 5.41) is 17.4. The van der Waals surface area contributed by atoms with E-state index in [0.29, 0.717) is 29.2 Å². The average molecular weight is 548 g/mol. The van der Waals surface area contributed by atoms with Crippen LogP contribution in [0.2, 0.25) is 0 Å². The zero-order chi connectivity index (χ0) is 28.2. The zero-order valence-corrected chi connectivity index (χ0v) is 22.9. The molecule has 3 aromatic rings. The first-order valence-electron chi connectivity index (χ1n) is 12.7. The Hall–Kier alpha value is -3.98. The molecule has 0 aromatic heterocycles. The van der Waals surface area contributed by atoms with Crippen LogP contribution >= 0.6 is 0 Å². The van der Waals surface area contributed by atoms with Gasteiger partial charge in [-0.05, 0) is 55.0 Å². The van der Waals surface area contributed by atoms with Crippen molar-refractivity contribution in [1.82, 2.24) is 4.90 Å². The summed E-state index contributed by atoms with van der Waals surface area (Å²) in [7, 11) is -1.36. The van der Waals surface area contributed by atoms with E-state index in [2.05, 4.69) is 0 Å². The SMILES string of the molecule is CS(=O)c1cc(-c2ccc(C(=N)N)cc2)ccc1OC[C@@H]1C[C@](C)(C(=O)O)C(=O)N1CCCc1ccccc1. The smallest absolute Gasteiger partial charge is 0.319 e. The van der Waals surface area contributed by atoms with Crippen molar-refractivity contribution in [3.63, 3.8) is 0 Å². The fourth-order valence-electron chi connectivity index (χ4n) is 4.92. The third kappa shape index (κ3) is 6.20. The average Bonchev–Trinajstić information content (AvgIpc) is 3.18.